The number of carbonyl (C=O) groups excluding carboxylic acids is 1. The number of rotatable bonds is 8. The van der Waals surface area contributed by atoms with Crippen molar-refractivity contribution in [3.8, 4) is 0 Å². The Morgan fingerprint density at radius 1 is 1.10 bits per heavy atom. The summed E-state index contributed by atoms with van der Waals surface area (Å²) in [6, 6.07) is 15.7. The van der Waals surface area contributed by atoms with Gasteiger partial charge in [-0.25, -0.2) is 9.97 Å². The fraction of sp³-hybridized carbons (Fsp3) is 0.333. The Labute approximate surface area is 177 Å². The first-order valence-corrected chi connectivity index (χ1v) is 10.4. The topological polar surface area (TPSA) is 79.8 Å². The maximum atomic E-state index is 12.8. The van der Waals surface area contributed by atoms with Gasteiger partial charge in [-0.3, -0.25) is 9.78 Å². The summed E-state index contributed by atoms with van der Waals surface area (Å²) >= 11 is 0. The van der Waals surface area contributed by atoms with Gasteiger partial charge in [-0.2, -0.15) is 0 Å². The molecule has 1 amide bonds. The number of hydrogen-bond donors (Lipinski definition) is 2. The summed E-state index contributed by atoms with van der Waals surface area (Å²) < 4.78 is 0. The predicted molar refractivity (Wildman–Crippen MR) is 117 cm³/mol. The minimum absolute atomic E-state index is 0.0504. The van der Waals surface area contributed by atoms with E-state index in [0.717, 1.165) is 47.0 Å². The second-order valence-electron chi connectivity index (χ2n) is 7.86. The van der Waals surface area contributed by atoms with Crippen molar-refractivity contribution < 1.29 is 4.79 Å². The van der Waals surface area contributed by atoms with Crippen LogP contribution < -0.4 is 10.6 Å². The number of aromatic nitrogens is 3. The zero-order valence-corrected chi connectivity index (χ0v) is 17.4. The molecule has 6 nitrogen and oxygen atoms in total. The van der Waals surface area contributed by atoms with E-state index in [4.69, 9.17) is 4.98 Å². The van der Waals surface area contributed by atoms with Gasteiger partial charge in [0.15, 0.2) is 0 Å². The van der Waals surface area contributed by atoms with E-state index < -0.39 is 0 Å². The molecule has 1 aliphatic rings. The number of hydrogen-bond acceptors (Lipinski definition) is 5. The Bertz CT molecular complexity index is 1020. The van der Waals surface area contributed by atoms with Crippen LogP contribution in [-0.4, -0.2) is 27.9 Å². The molecule has 1 aliphatic carbocycles. The number of pyridine rings is 1. The van der Waals surface area contributed by atoms with Gasteiger partial charge in [0.2, 0.25) is 5.91 Å². The van der Waals surface area contributed by atoms with Crippen molar-refractivity contribution in [2.45, 2.75) is 44.6 Å². The van der Waals surface area contributed by atoms with Crippen LogP contribution in [0.5, 0.6) is 0 Å². The number of anilines is 1. The van der Waals surface area contributed by atoms with E-state index in [0.29, 0.717) is 12.3 Å². The molecule has 6 heteroatoms. The number of benzene rings is 1. The van der Waals surface area contributed by atoms with E-state index in [9.17, 15) is 4.79 Å². The van der Waals surface area contributed by atoms with Gasteiger partial charge >= 0.3 is 0 Å². The largest absolute Gasteiger partial charge is 0.373 e. The normalized spacial score (nSPS) is 14.2. The molecule has 2 N–H and O–H groups in total. The Balaban J connectivity index is 1.57. The minimum atomic E-state index is -0.173. The van der Waals surface area contributed by atoms with Crippen LogP contribution in [0.2, 0.25) is 0 Å². The SMILES string of the molecule is CNc1cc(C[C@H](NC(=O)Cc2ccccn2)c2cccc(C)c2)nc(C2CC2)n1. The summed E-state index contributed by atoms with van der Waals surface area (Å²) in [5.41, 5.74) is 3.92. The summed E-state index contributed by atoms with van der Waals surface area (Å²) in [7, 11) is 1.87. The van der Waals surface area contributed by atoms with Crippen molar-refractivity contribution >= 4 is 11.7 Å². The molecule has 0 unspecified atom stereocenters. The summed E-state index contributed by atoms with van der Waals surface area (Å²) in [5, 5.41) is 6.34. The van der Waals surface area contributed by atoms with Gasteiger partial charge in [-0.05, 0) is 37.5 Å². The zero-order valence-electron chi connectivity index (χ0n) is 17.4. The fourth-order valence-electron chi connectivity index (χ4n) is 3.54. The van der Waals surface area contributed by atoms with Crippen LogP contribution in [0.15, 0.2) is 54.7 Å². The van der Waals surface area contributed by atoms with Gasteiger partial charge in [0.25, 0.3) is 0 Å². The molecular weight excluding hydrogens is 374 g/mol. The highest BCUT2D eigenvalue weighted by Gasteiger charge is 2.28. The van der Waals surface area contributed by atoms with Gasteiger partial charge in [-0.1, -0.05) is 35.9 Å². The lowest BCUT2D eigenvalue weighted by Crippen LogP contribution is -2.31. The molecule has 1 saturated carbocycles. The van der Waals surface area contributed by atoms with Gasteiger partial charge in [-0.15, -0.1) is 0 Å². The van der Waals surface area contributed by atoms with E-state index in [1.165, 1.54) is 0 Å². The van der Waals surface area contributed by atoms with Crippen LogP contribution in [0, 0.1) is 6.92 Å². The Hall–Kier alpha value is -3.28. The van der Waals surface area contributed by atoms with Crippen molar-refractivity contribution in [3.63, 3.8) is 0 Å². The van der Waals surface area contributed by atoms with E-state index in [2.05, 4.69) is 45.7 Å². The lowest BCUT2D eigenvalue weighted by Gasteiger charge is -2.20. The summed E-state index contributed by atoms with van der Waals surface area (Å²) in [6.07, 6.45) is 4.86. The second-order valence-corrected chi connectivity index (χ2v) is 7.86. The summed E-state index contributed by atoms with van der Waals surface area (Å²) in [4.78, 5) is 26.5. The fourth-order valence-corrected chi connectivity index (χ4v) is 3.54. The predicted octanol–water partition coefficient (Wildman–Crippen LogP) is 3.74. The summed E-state index contributed by atoms with van der Waals surface area (Å²) in [6.45, 7) is 2.06. The molecule has 0 radical (unpaired) electrons. The van der Waals surface area contributed by atoms with Crippen LogP contribution in [0.3, 0.4) is 0 Å². The van der Waals surface area contributed by atoms with Crippen LogP contribution in [0.25, 0.3) is 0 Å². The Morgan fingerprint density at radius 2 is 1.97 bits per heavy atom. The molecule has 1 aromatic carbocycles. The van der Waals surface area contributed by atoms with Crippen molar-refractivity contribution in [1.29, 1.82) is 0 Å². The molecule has 0 aliphatic heterocycles. The molecule has 0 saturated heterocycles. The molecule has 154 valence electrons. The first kappa shape index (κ1) is 20.0. The zero-order chi connectivity index (χ0) is 20.9. The highest BCUT2D eigenvalue weighted by molar-refractivity contribution is 5.78. The average molecular weight is 402 g/mol. The number of carbonyl (C=O) groups is 1. The van der Waals surface area contributed by atoms with E-state index >= 15 is 0 Å². The summed E-state index contributed by atoms with van der Waals surface area (Å²) in [5.74, 6) is 2.14. The number of nitrogens with zero attached hydrogens (tertiary/aromatic N) is 3. The molecular formula is C24H27N5O. The lowest BCUT2D eigenvalue weighted by molar-refractivity contribution is -0.121. The smallest absolute Gasteiger partial charge is 0.226 e. The molecule has 0 spiro atoms. The molecule has 2 heterocycles. The average Bonchev–Trinajstić information content (AvgIpc) is 3.59. The maximum absolute atomic E-state index is 12.8. The van der Waals surface area contributed by atoms with Gasteiger partial charge < -0.3 is 10.6 Å². The van der Waals surface area contributed by atoms with Gasteiger partial charge in [0.05, 0.1) is 12.5 Å². The first-order chi connectivity index (χ1) is 14.6. The molecule has 0 bridgehead atoms. The number of nitrogens with one attached hydrogen (secondary N) is 2. The van der Waals surface area contributed by atoms with Crippen molar-refractivity contribution in [1.82, 2.24) is 20.3 Å². The highest BCUT2D eigenvalue weighted by atomic mass is 16.1. The second kappa shape index (κ2) is 9.03. The third kappa shape index (κ3) is 5.20. The molecule has 1 fully saturated rings. The van der Waals surface area contributed by atoms with E-state index in [1.807, 2.05) is 37.4 Å². The van der Waals surface area contributed by atoms with Crippen LogP contribution >= 0.6 is 0 Å². The van der Waals surface area contributed by atoms with Crippen LogP contribution in [-0.2, 0) is 17.6 Å². The highest BCUT2D eigenvalue weighted by Crippen LogP contribution is 2.38. The molecule has 3 aromatic rings. The van der Waals surface area contributed by atoms with Gasteiger partial charge in [0.1, 0.15) is 11.6 Å². The van der Waals surface area contributed by atoms with Crippen LogP contribution in [0.1, 0.15) is 53.1 Å². The van der Waals surface area contributed by atoms with Crippen LogP contribution in [0.4, 0.5) is 5.82 Å². The van der Waals surface area contributed by atoms with Gasteiger partial charge in [0, 0.05) is 43.0 Å². The maximum Gasteiger partial charge on any atom is 0.226 e. The lowest BCUT2D eigenvalue weighted by atomic mass is 9.99. The molecule has 30 heavy (non-hydrogen) atoms. The molecule has 1 atom stereocenters. The third-order valence-electron chi connectivity index (χ3n) is 5.26. The van der Waals surface area contributed by atoms with E-state index in [-0.39, 0.29) is 18.4 Å². The Morgan fingerprint density at radius 3 is 2.67 bits per heavy atom. The van der Waals surface area contributed by atoms with Crippen molar-refractivity contribution in [3.05, 3.63) is 83.1 Å². The third-order valence-corrected chi connectivity index (χ3v) is 5.26. The molecule has 2 aromatic heterocycles. The number of aryl methyl sites for hydroxylation is 1. The first-order valence-electron chi connectivity index (χ1n) is 10.4. The van der Waals surface area contributed by atoms with E-state index in [1.54, 1.807) is 6.20 Å². The minimum Gasteiger partial charge on any atom is -0.373 e. The van der Waals surface area contributed by atoms with Crippen molar-refractivity contribution in [2.75, 3.05) is 12.4 Å². The van der Waals surface area contributed by atoms with Crippen molar-refractivity contribution in [2.24, 2.45) is 0 Å². The standard InChI is InChI=1S/C24H27N5O/c1-16-6-5-7-18(12-16)21(28-23(30)15-19-8-3-4-11-26-19)13-20-14-22(25-2)29-24(27-20)17-9-10-17/h3-8,11-12,14,17,21H,9-10,13,15H2,1-2H3,(H,28,30)(H,25,27,29)/t21-/m0/s1. The quantitative estimate of drug-likeness (QED) is 0.601. The number of amides is 1. The Kier molecular flexibility index (Phi) is 6.02. The molecule has 4 rings (SSSR count). The monoisotopic (exact) mass is 401 g/mol.